The normalized spacial score (nSPS) is 7.54. The monoisotopic (exact) mass is 387 g/mol. The van der Waals surface area contributed by atoms with Gasteiger partial charge < -0.3 is 15.1 Å². The van der Waals surface area contributed by atoms with Gasteiger partial charge in [0.15, 0.2) is 0 Å². The van der Waals surface area contributed by atoms with E-state index in [0.717, 1.165) is 11.0 Å². The molecule has 1 rings (SSSR count). The van der Waals surface area contributed by atoms with Gasteiger partial charge in [-0.15, -0.1) is 5.34 Å². The summed E-state index contributed by atoms with van der Waals surface area (Å²) in [6.07, 6.45) is 3.68. The first-order chi connectivity index (χ1) is 10.6. The average Bonchev–Trinajstić information content (AvgIpc) is 2.79. The molecule has 0 aliphatic carbocycles. The van der Waals surface area contributed by atoms with Crippen LogP contribution in [0.3, 0.4) is 0 Å². The first-order valence-corrected chi connectivity index (χ1v) is 6.44. The van der Waals surface area contributed by atoms with Crippen LogP contribution in [0.1, 0.15) is 46.2 Å². The van der Waals surface area contributed by atoms with E-state index in [4.69, 9.17) is 10.1 Å². The van der Waals surface area contributed by atoms with Crippen molar-refractivity contribution in [2.75, 3.05) is 0 Å². The van der Waals surface area contributed by atoms with Gasteiger partial charge in [0.2, 0.25) is 0 Å². The number of ketones is 4. The first-order valence-electron chi connectivity index (χ1n) is 6.44. The van der Waals surface area contributed by atoms with Crippen LogP contribution in [-0.2, 0) is 36.0 Å². The molecule has 0 atom stereocenters. The smallest absolute Gasteiger partial charge is 0.137 e. The number of hydrogen-bond donors (Lipinski definition) is 1. The molecule has 0 amide bonds. The van der Waals surface area contributed by atoms with Crippen molar-refractivity contribution in [1.29, 1.82) is 0 Å². The number of aromatic nitrogens is 2. The van der Waals surface area contributed by atoms with Crippen molar-refractivity contribution in [3.8, 4) is 0 Å². The zero-order valence-electron chi connectivity index (χ0n) is 14.2. The van der Waals surface area contributed by atoms with Gasteiger partial charge in [0.1, 0.15) is 23.1 Å². The number of nitrogens with one attached hydrogen (secondary N) is 1. The molecule has 0 saturated heterocycles. The maximum Gasteiger partial charge on any atom is 0.137 e. The SMILES string of the molecule is CC(=O)CC(C)=O.CC(=O)CC(C)=O.Cc1c[nH]cn1.O=N[O-].[Co]. The Labute approximate surface area is 150 Å². The number of H-pyrrole nitrogens is 1. The van der Waals surface area contributed by atoms with Gasteiger partial charge in [-0.25, -0.2) is 4.98 Å². The van der Waals surface area contributed by atoms with E-state index in [-0.39, 0.29) is 52.8 Å². The topological polar surface area (TPSA) is 149 Å². The molecular weight excluding hydrogens is 365 g/mol. The van der Waals surface area contributed by atoms with Crippen LogP contribution in [0.15, 0.2) is 17.9 Å². The largest absolute Gasteiger partial charge is 0.444 e. The fraction of sp³-hybridized carbons (Fsp3) is 0.500. The van der Waals surface area contributed by atoms with Crippen molar-refractivity contribution < 1.29 is 36.0 Å². The molecule has 0 aliphatic heterocycles. The molecule has 0 spiro atoms. The Morgan fingerprint density at radius 1 is 1.00 bits per heavy atom. The molecule has 0 unspecified atom stereocenters. The summed E-state index contributed by atoms with van der Waals surface area (Å²) in [4.78, 5) is 54.8. The fourth-order valence-electron chi connectivity index (χ4n) is 1.04. The van der Waals surface area contributed by atoms with Crippen LogP contribution in [-0.4, -0.2) is 33.1 Å². The maximum absolute atomic E-state index is 10.0. The second kappa shape index (κ2) is 20.8. The van der Waals surface area contributed by atoms with Gasteiger partial charge >= 0.3 is 0 Å². The van der Waals surface area contributed by atoms with E-state index >= 15 is 0 Å². The number of aromatic amines is 1. The van der Waals surface area contributed by atoms with Gasteiger partial charge in [0, 0.05) is 23.0 Å². The molecule has 1 N–H and O–H groups in total. The predicted molar refractivity (Wildman–Crippen MR) is 84.4 cm³/mol. The zero-order valence-corrected chi connectivity index (χ0v) is 15.3. The van der Waals surface area contributed by atoms with E-state index in [0.29, 0.717) is 0 Å². The van der Waals surface area contributed by atoms with Crippen molar-refractivity contribution >= 4 is 23.1 Å². The minimum absolute atomic E-state index is 0. The molecule has 24 heavy (non-hydrogen) atoms. The summed E-state index contributed by atoms with van der Waals surface area (Å²) >= 11 is 0. The Morgan fingerprint density at radius 3 is 1.33 bits per heavy atom. The van der Waals surface area contributed by atoms with E-state index in [1.54, 1.807) is 6.33 Å². The summed E-state index contributed by atoms with van der Waals surface area (Å²) in [6.45, 7) is 7.56. The molecular formula is C14H22CoN3O6-. The quantitative estimate of drug-likeness (QED) is 0.472. The van der Waals surface area contributed by atoms with Crippen LogP contribution < -0.4 is 0 Å². The number of Topliss-reactive ketones (excluding diaryl/α,β-unsaturated/α-hetero) is 4. The van der Waals surface area contributed by atoms with Crippen molar-refractivity contribution in [2.24, 2.45) is 5.34 Å². The van der Waals surface area contributed by atoms with Gasteiger partial charge in [-0.2, -0.15) is 0 Å². The zero-order chi connectivity index (χ0) is 18.8. The fourth-order valence-corrected chi connectivity index (χ4v) is 1.04. The predicted octanol–water partition coefficient (Wildman–Crippen LogP) is 2.08. The van der Waals surface area contributed by atoms with Crippen LogP contribution >= 0.6 is 0 Å². The van der Waals surface area contributed by atoms with E-state index < -0.39 is 0 Å². The number of hydrogen-bond acceptors (Lipinski definition) is 8. The molecule has 1 radical (unpaired) electrons. The Morgan fingerprint density at radius 2 is 1.29 bits per heavy atom. The molecule has 9 nitrogen and oxygen atoms in total. The standard InChI is InChI=1S/2C5H8O2.C4H6N2.Co.HNO2/c2*1-4(6)3-5(2)7;1-4-2-5-3-6-4;;2-1-3/h2*3H2,1-2H3;2-3H,1H3,(H,5,6);;(H,2,3)/p-1. The minimum atomic E-state index is -0.0625. The molecule has 10 heteroatoms. The number of nitrogens with zero attached hydrogens (tertiary/aromatic N) is 2. The number of aryl methyl sites for hydroxylation is 1. The molecule has 0 saturated carbocycles. The third-order valence-electron chi connectivity index (χ3n) is 1.63. The van der Waals surface area contributed by atoms with Gasteiger partial charge in [-0.3, -0.25) is 19.2 Å². The summed E-state index contributed by atoms with van der Waals surface area (Å²) in [5.74, 6) is -0.250. The molecule has 0 aromatic carbocycles. The second-order valence-electron chi connectivity index (χ2n) is 4.45. The van der Waals surface area contributed by atoms with Gasteiger partial charge in [0.05, 0.1) is 24.9 Å². The van der Waals surface area contributed by atoms with Crippen LogP contribution in [0.4, 0.5) is 0 Å². The number of imidazole rings is 1. The molecule has 0 aliphatic rings. The van der Waals surface area contributed by atoms with Crippen LogP contribution in [0.25, 0.3) is 0 Å². The van der Waals surface area contributed by atoms with E-state index in [9.17, 15) is 19.2 Å². The maximum atomic E-state index is 10.0. The Bertz CT molecular complexity index is 439. The van der Waals surface area contributed by atoms with Crippen LogP contribution in [0.5, 0.6) is 0 Å². The molecule has 0 bridgehead atoms. The Kier molecular flexibility index (Phi) is 25.8. The molecule has 0 fully saturated rings. The average molecular weight is 387 g/mol. The van der Waals surface area contributed by atoms with Gasteiger partial charge in [0.25, 0.3) is 0 Å². The van der Waals surface area contributed by atoms with Crippen LogP contribution in [0, 0.1) is 17.0 Å². The Hall–Kier alpha value is -2.20. The van der Waals surface area contributed by atoms with E-state index in [2.05, 4.69) is 9.97 Å². The molecule has 1 aromatic rings. The number of carbonyl (C=O) groups excluding carboxylic acids is 4. The summed E-state index contributed by atoms with van der Waals surface area (Å²) in [5, 5.41) is 9.00. The summed E-state index contributed by atoms with van der Waals surface area (Å²) in [5.41, 5.74) is 1.04. The van der Waals surface area contributed by atoms with Gasteiger partial charge in [-0.05, 0) is 34.6 Å². The number of carbonyl (C=O) groups is 4. The van der Waals surface area contributed by atoms with Crippen molar-refractivity contribution in [2.45, 2.75) is 47.5 Å². The summed E-state index contributed by atoms with van der Waals surface area (Å²) in [7, 11) is 0. The van der Waals surface area contributed by atoms with Crippen molar-refractivity contribution in [3.63, 3.8) is 0 Å². The molecule has 1 heterocycles. The minimum Gasteiger partial charge on any atom is -0.444 e. The third kappa shape index (κ3) is 42.7. The van der Waals surface area contributed by atoms with Crippen molar-refractivity contribution in [3.05, 3.63) is 28.3 Å². The summed E-state index contributed by atoms with van der Waals surface area (Å²) in [6, 6.07) is 0. The third-order valence-corrected chi connectivity index (χ3v) is 1.63. The van der Waals surface area contributed by atoms with Crippen molar-refractivity contribution in [1.82, 2.24) is 9.97 Å². The molecule has 1 aromatic heterocycles. The van der Waals surface area contributed by atoms with E-state index in [1.165, 1.54) is 27.7 Å². The second-order valence-corrected chi connectivity index (χ2v) is 4.45. The summed E-state index contributed by atoms with van der Waals surface area (Å²) < 4.78 is 0. The molecule has 139 valence electrons. The van der Waals surface area contributed by atoms with Crippen LogP contribution in [0.2, 0.25) is 0 Å². The first kappa shape index (κ1) is 29.8. The van der Waals surface area contributed by atoms with E-state index in [1.807, 2.05) is 13.1 Å². The van der Waals surface area contributed by atoms with Gasteiger partial charge in [-0.1, -0.05) is 0 Å². The Balaban J connectivity index is -0.000000113. The number of rotatable bonds is 4.